The number of aliphatic carboxylic acids is 1. The Balaban J connectivity index is 0.000000175. The van der Waals surface area contributed by atoms with E-state index in [4.69, 9.17) is 15.6 Å². The molecule has 0 aromatic carbocycles. The number of hydrogen-bond donors (Lipinski definition) is 6. The van der Waals surface area contributed by atoms with Gasteiger partial charge < -0.3 is 36.0 Å². The maximum absolute atomic E-state index is 11.8. The van der Waals surface area contributed by atoms with Crippen molar-refractivity contribution in [3.63, 3.8) is 0 Å². The molecule has 0 bridgehead atoms. The maximum atomic E-state index is 11.8. The van der Waals surface area contributed by atoms with Crippen molar-refractivity contribution >= 4 is 17.6 Å². The van der Waals surface area contributed by atoms with Gasteiger partial charge in [-0.3, -0.25) is 14.2 Å². The van der Waals surface area contributed by atoms with Crippen LogP contribution in [0.25, 0.3) is 0 Å². The summed E-state index contributed by atoms with van der Waals surface area (Å²) in [5, 5.41) is 48.9. The number of nitrogens with two attached hydrogens (primary N) is 1. The number of anilines is 1. The van der Waals surface area contributed by atoms with Gasteiger partial charge in [-0.15, -0.1) is 0 Å². The minimum absolute atomic E-state index is 0.0537. The highest BCUT2D eigenvalue weighted by molar-refractivity contribution is 5.91. The van der Waals surface area contributed by atoms with Crippen LogP contribution in [-0.4, -0.2) is 77.9 Å². The van der Waals surface area contributed by atoms with Crippen molar-refractivity contribution in [2.24, 2.45) is 34.5 Å². The predicted octanol–water partition coefficient (Wildman–Crippen LogP) is 0.627. The molecule has 11 atom stereocenters. The molecule has 4 fully saturated rings. The fraction of sp³-hybridized carbons (Fsp3) is 0.724. The standard InChI is InChI=1S/C20H28O4.C9H13N3O5/c1-19-8-7-12(21)9-11(19)3-4-13-14-5-6-15(18(23)24)20(14,2)10-16(22)17(13)19;10-5-1-2-12(9(16)11-5)8-7(15)6(14)4(3-13)17-8/h9,13-17,22H,3-8,10H2,1-2H3,(H,23,24);1-2,4,6-8,13-15H,3H2,(H2,10,11,16)/t13-,14-,15+,16-,17+,19-,20-;4-,6-,7+,8-/m01/s1. The number of allylic oxidation sites excluding steroid dienone is 1. The Bertz CT molecular complexity index is 1280. The molecule has 41 heavy (non-hydrogen) atoms. The summed E-state index contributed by atoms with van der Waals surface area (Å²) in [4.78, 5) is 38.6. The molecule has 1 aromatic heterocycles. The molecule has 6 rings (SSSR count). The highest BCUT2D eigenvalue weighted by Gasteiger charge is 2.63. The number of rotatable bonds is 3. The Morgan fingerprint density at radius 2 is 1.88 bits per heavy atom. The number of hydrogen-bond acceptors (Lipinski definition) is 10. The molecule has 0 radical (unpaired) electrons. The lowest BCUT2D eigenvalue weighted by molar-refractivity contribution is -0.158. The van der Waals surface area contributed by atoms with E-state index in [-0.39, 0.29) is 34.3 Å². The third-order valence-electron chi connectivity index (χ3n) is 10.8. The van der Waals surface area contributed by atoms with E-state index in [9.17, 15) is 34.8 Å². The number of carboxylic acid groups (broad SMARTS) is 1. The minimum Gasteiger partial charge on any atom is -0.481 e. The maximum Gasteiger partial charge on any atom is 0.351 e. The molecule has 0 spiro atoms. The monoisotopic (exact) mass is 575 g/mol. The highest BCUT2D eigenvalue weighted by Crippen LogP contribution is 2.66. The molecule has 2 heterocycles. The summed E-state index contributed by atoms with van der Waals surface area (Å²) in [7, 11) is 0. The number of aromatic nitrogens is 2. The molecule has 1 aromatic rings. The molecule has 12 nitrogen and oxygen atoms in total. The molecule has 226 valence electrons. The first-order valence-corrected chi connectivity index (χ1v) is 14.4. The van der Waals surface area contributed by atoms with Gasteiger partial charge in [0.2, 0.25) is 0 Å². The van der Waals surface area contributed by atoms with E-state index in [1.807, 2.05) is 6.08 Å². The number of aliphatic hydroxyl groups is 4. The molecule has 0 amide bonds. The van der Waals surface area contributed by atoms with E-state index in [0.717, 1.165) is 36.7 Å². The van der Waals surface area contributed by atoms with Crippen LogP contribution in [0.15, 0.2) is 28.7 Å². The lowest BCUT2D eigenvalue weighted by Gasteiger charge is -2.59. The summed E-state index contributed by atoms with van der Waals surface area (Å²) >= 11 is 0. The molecular weight excluding hydrogens is 534 g/mol. The van der Waals surface area contributed by atoms with Crippen LogP contribution < -0.4 is 11.4 Å². The molecule has 5 aliphatic rings. The summed E-state index contributed by atoms with van der Waals surface area (Å²) in [6.07, 6.45) is 3.75. The van der Waals surface area contributed by atoms with E-state index in [1.54, 1.807) is 0 Å². The first-order chi connectivity index (χ1) is 19.3. The average Bonchev–Trinajstić information content (AvgIpc) is 3.40. The fourth-order valence-corrected chi connectivity index (χ4v) is 8.82. The normalized spacial score (nSPS) is 43.2. The summed E-state index contributed by atoms with van der Waals surface area (Å²) in [5.74, 6) is 0.214. The van der Waals surface area contributed by atoms with Crippen LogP contribution >= 0.6 is 0 Å². The van der Waals surface area contributed by atoms with Gasteiger partial charge in [-0.25, -0.2) is 4.79 Å². The quantitative estimate of drug-likeness (QED) is 0.295. The van der Waals surface area contributed by atoms with Gasteiger partial charge >= 0.3 is 11.7 Å². The van der Waals surface area contributed by atoms with Crippen LogP contribution in [0.5, 0.6) is 0 Å². The topological polar surface area (TPSA) is 205 Å². The van der Waals surface area contributed by atoms with Crippen molar-refractivity contribution in [2.75, 3.05) is 12.3 Å². The van der Waals surface area contributed by atoms with Crippen LogP contribution in [0, 0.1) is 34.5 Å². The predicted molar refractivity (Wildman–Crippen MR) is 145 cm³/mol. The number of nitrogen functional groups attached to an aromatic ring is 1. The van der Waals surface area contributed by atoms with Crippen molar-refractivity contribution in [2.45, 2.75) is 89.4 Å². The highest BCUT2D eigenvalue weighted by atomic mass is 16.6. The second-order valence-electron chi connectivity index (χ2n) is 12.9. The first kappa shape index (κ1) is 29.8. The lowest BCUT2D eigenvalue weighted by Crippen LogP contribution is -2.57. The molecular formula is C29H41N3O9. The Labute approximate surface area is 237 Å². The third-order valence-corrected chi connectivity index (χ3v) is 10.8. The number of carboxylic acids is 1. The molecule has 4 aliphatic carbocycles. The zero-order chi connectivity index (χ0) is 29.9. The molecule has 0 unspecified atom stereocenters. The van der Waals surface area contributed by atoms with Crippen molar-refractivity contribution < 1.29 is 39.9 Å². The van der Waals surface area contributed by atoms with E-state index in [2.05, 4.69) is 18.8 Å². The van der Waals surface area contributed by atoms with E-state index in [0.29, 0.717) is 24.7 Å². The second kappa shape index (κ2) is 10.9. The van der Waals surface area contributed by atoms with E-state index < -0.39 is 48.9 Å². The zero-order valence-electron chi connectivity index (χ0n) is 23.4. The molecule has 1 aliphatic heterocycles. The van der Waals surface area contributed by atoms with Crippen LogP contribution in [0.3, 0.4) is 0 Å². The van der Waals surface area contributed by atoms with Crippen molar-refractivity contribution in [1.82, 2.24) is 9.55 Å². The SMILES string of the molecule is C[C@]12C[C@H](O)[C@H]3[C@@H](CCC4=CC(=O)CC[C@@]43C)[C@@H]1CC[C@@H]2C(=O)O.Nc1ccn([C@@H]2O[C@H](CO)[C@@H](O)[C@@H]2O)c(=O)n1. The van der Waals surface area contributed by atoms with E-state index in [1.165, 1.54) is 17.8 Å². The van der Waals surface area contributed by atoms with E-state index >= 15 is 0 Å². The average molecular weight is 576 g/mol. The van der Waals surface area contributed by atoms with Crippen molar-refractivity contribution in [1.29, 1.82) is 0 Å². The molecule has 1 saturated heterocycles. The van der Waals surface area contributed by atoms with Gasteiger partial charge in [0.25, 0.3) is 0 Å². The van der Waals surface area contributed by atoms with Crippen LogP contribution in [-0.2, 0) is 14.3 Å². The smallest absolute Gasteiger partial charge is 0.351 e. The summed E-state index contributed by atoms with van der Waals surface area (Å²) < 4.78 is 6.19. The van der Waals surface area contributed by atoms with Gasteiger partial charge in [-0.1, -0.05) is 19.4 Å². The molecule has 3 saturated carbocycles. The number of fused-ring (bicyclic) bond motifs is 5. The Hall–Kier alpha value is -2.64. The fourth-order valence-electron chi connectivity index (χ4n) is 8.82. The van der Waals surface area contributed by atoms with Gasteiger partial charge in [0.15, 0.2) is 12.0 Å². The van der Waals surface area contributed by atoms with Gasteiger partial charge in [-0.05, 0) is 79.3 Å². The van der Waals surface area contributed by atoms with Gasteiger partial charge in [-0.2, -0.15) is 4.98 Å². The van der Waals surface area contributed by atoms with Gasteiger partial charge in [0.1, 0.15) is 24.1 Å². The lowest BCUT2D eigenvalue weighted by atomic mass is 9.46. The summed E-state index contributed by atoms with van der Waals surface area (Å²) in [6, 6.07) is 1.37. The van der Waals surface area contributed by atoms with Crippen molar-refractivity contribution in [3.8, 4) is 0 Å². The van der Waals surface area contributed by atoms with Crippen LogP contribution in [0.4, 0.5) is 5.82 Å². The van der Waals surface area contributed by atoms with Crippen molar-refractivity contribution in [3.05, 3.63) is 34.4 Å². The summed E-state index contributed by atoms with van der Waals surface area (Å²) in [6.45, 7) is 3.88. The molecule has 12 heteroatoms. The minimum atomic E-state index is -1.31. The number of nitrogens with zero attached hydrogens (tertiary/aromatic N) is 2. The van der Waals surface area contributed by atoms with Crippen LogP contribution in [0.2, 0.25) is 0 Å². The molecule has 7 N–H and O–H groups in total. The second-order valence-corrected chi connectivity index (χ2v) is 12.9. The van der Waals surface area contributed by atoms with Crippen LogP contribution in [0.1, 0.15) is 65.0 Å². The Morgan fingerprint density at radius 1 is 1.15 bits per heavy atom. The largest absolute Gasteiger partial charge is 0.481 e. The number of carbonyl (C=O) groups is 2. The number of ketones is 1. The number of ether oxygens (including phenoxy) is 1. The number of carbonyl (C=O) groups excluding carboxylic acids is 1. The Kier molecular flexibility index (Phi) is 7.92. The van der Waals surface area contributed by atoms with Gasteiger partial charge in [0, 0.05) is 12.6 Å². The summed E-state index contributed by atoms with van der Waals surface area (Å²) in [5.41, 5.74) is 5.49. The zero-order valence-corrected chi connectivity index (χ0v) is 23.4. The van der Waals surface area contributed by atoms with Gasteiger partial charge in [0.05, 0.1) is 18.6 Å². The number of aliphatic hydroxyl groups excluding tert-OH is 4. The first-order valence-electron chi connectivity index (χ1n) is 14.4. The Morgan fingerprint density at radius 3 is 2.51 bits per heavy atom. The third kappa shape index (κ3) is 4.93.